The third-order valence-corrected chi connectivity index (χ3v) is 7.14. The second-order valence-corrected chi connectivity index (χ2v) is 10.4. The van der Waals surface area contributed by atoms with E-state index in [9.17, 15) is 22.6 Å². The van der Waals surface area contributed by atoms with E-state index in [1.54, 1.807) is 26.0 Å². The standard InChI is InChI=1S/C24H38O8S.Na/c1-7-23(4,21(25)30-6)17-24(5,22(26)31-8-2)18(3)19-11-13-20(14-12-19)32-15-9-10-16-33(27,28)29;/h11-14,18H,7-10,15-17H2,1-6H3,(H,27,28,29);/q;+1/p-1. The number of unbranched alkanes of at least 4 members (excludes halogenated alkanes) is 1. The van der Waals surface area contributed by atoms with Crippen LogP contribution in [0.1, 0.15) is 71.8 Å². The molecule has 34 heavy (non-hydrogen) atoms. The molecule has 188 valence electrons. The van der Waals surface area contributed by atoms with Crippen molar-refractivity contribution in [2.24, 2.45) is 10.8 Å². The molecule has 1 aromatic carbocycles. The van der Waals surface area contributed by atoms with E-state index in [0.717, 1.165) is 5.56 Å². The van der Waals surface area contributed by atoms with E-state index in [2.05, 4.69) is 0 Å². The zero-order valence-electron chi connectivity index (χ0n) is 21.5. The van der Waals surface area contributed by atoms with Gasteiger partial charge in [0.05, 0.1) is 41.3 Å². The smallest absolute Gasteiger partial charge is 0.748 e. The first-order chi connectivity index (χ1) is 15.3. The van der Waals surface area contributed by atoms with Gasteiger partial charge in [-0.3, -0.25) is 9.59 Å². The van der Waals surface area contributed by atoms with Crippen LogP contribution in [0.5, 0.6) is 5.75 Å². The molecule has 10 heteroatoms. The largest absolute Gasteiger partial charge is 1.00 e. The van der Waals surface area contributed by atoms with Crippen LogP contribution in [0.3, 0.4) is 0 Å². The van der Waals surface area contributed by atoms with Crippen LogP contribution in [0.4, 0.5) is 0 Å². The van der Waals surface area contributed by atoms with Gasteiger partial charge in [-0.15, -0.1) is 0 Å². The molecule has 0 fully saturated rings. The molecule has 0 N–H and O–H groups in total. The molecule has 0 spiro atoms. The third kappa shape index (κ3) is 9.49. The Morgan fingerprint density at radius 1 is 1.06 bits per heavy atom. The van der Waals surface area contributed by atoms with Crippen LogP contribution in [-0.4, -0.2) is 51.0 Å². The van der Waals surface area contributed by atoms with Gasteiger partial charge in [-0.05, 0) is 70.1 Å². The fraction of sp³-hybridized carbons (Fsp3) is 0.667. The molecular formula is C24H37NaO8S. The number of esters is 2. The summed E-state index contributed by atoms with van der Waals surface area (Å²) in [6, 6.07) is 7.28. The minimum Gasteiger partial charge on any atom is -0.748 e. The van der Waals surface area contributed by atoms with Crippen LogP contribution in [0.2, 0.25) is 0 Å². The van der Waals surface area contributed by atoms with Gasteiger partial charge in [-0.2, -0.15) is 0 Å². The van der Waals surface area contributed by atoms with Crippen LogP contribution in [0.15, 0.2) is 24.3 Å². The Hall–Kier alpha value is -1.13. The summed E-state index contributed by atoms with van der Waals surface area (Å²) in [6.45, 7) is 9.73. The van der Waals surface area contributed by atoms with E-state index in [1.165, 1.54) is 7.11 Å². The Morgan fingerprint density at radius 2 is 1.65 bits per heavy atom. The van der Waals surface area contributed by atoms with Crippen molar-refractivity contribution >= 4 is 22.1 Å². The summed E-state index contributed by atoms with van der Waals surface area (Å²) >= 11 is 0. The van der Waals surface area contributed by atoms with Crippen LogP contribution in [-0.2, 0) is 29.2 Å². The summed E-state index contributed by atoms with van der Waals surface area (Å²) < 4.78 is 47.9. The molecule has 1 aromatic rings. The topological polar surface area (TPSA) is 119 Å². The van der Waals surface area contributed by atoms with Gasteiger partial charge in [0.25, 0.3) is 0 Å². The predicted molar refractivity (Wildman–Crippen MR) is 124 cm³/mol. The molecule has 3 unspecified atom stereocenters. The fourth-order valence-corrected chi connectivity index (χ4v) is 4.45. The van der Waals surface area contributed by atoms with Gasteiger partial charge in [0.1, 0.15) is 5.75 Å². The fourth-order valence-electron chi connectivity index (χ4n) is 3.89. The molecule has 1 rings (SSSR count). The summed E-state index contributed by atoms with van der Waals surface area (Å²) in [6.07, 6.45) is 1.48. The van der Waals surface area contributed by atoms with Crippen molar-refractivity contribution in [3.05, 3.63) is 29.8 Å². The predicted octanol–water partition coefficient (Wildman–Crippen LogP) is 1.05. The van der Waals surface area contributed by atoms with Crippen LogP contribution < -0.4 is 34.3 Å². The van der Waals surface area contributed by atoms with Gasteiger partial charge in [-0.1, -0.05) is 26.0 Å². The maximum Gasteiger partial charge on any atom is 1.00 e. The third-order valence-electron chi connectivity index (χ3n) is 6.35. The Bertz CT molecular complexity index is 887. The maximum atomic E-state index is 13.1. The van der Waals surface area contributed by atoms with Crippen molar-refractivity contribution in [1.29, 1.82) is 0 Å². The molecule has 0 heterocycles. The molecular weight excluding hydrogens is 471 g/mol. The van der Waals surface area contributed by atoms with Gasteiger partial charge < -0.3 is 18.8 Å². The Balaban J connectivity index is 0.0000109. The van der Waals surface area contributed by atoms with E-state index >= 15 is 0 Å². The summed E-state index contributed by atoms with van der Waals surface area (Å²) in [4.78, 5) is 25.5. The maximum absolute atomic E-state index is 13.1. The summed E-state index contributed by atoms with van der Waals surface area (Å²) in [5.74, 6) is -0.789. The Morgan fingerprint density at radius 3 is 2.12 bits per heavy atom. The average molecular weight is 509 g/mol. The van der Waals surface area contributed by atoms with Crippen LogP contribution in [0, 0.1) is 10.8 Å². The number of hydrogen-bond donors (Lipinski definition) is 0. The van der Waals surface area contributed by atoms with Crippen molar-refractivity contribution in [3.8, 4) is 5.75 Å². The number of hydrogen-bond acceptors (Lipinski definition) is 8. The minimum atomic E-state index is -4.20. The second-order valence-electron chi connectivity index (χ2n) is 8.83. The first-order valence-corrected chi connectivity index (χ1v) is 12.8. The first kappa shape index (κ1) is 32.9. The number of ether oxygens (including phenoxy) is 3. The number of carbonyl (C=O) groups is 2. The number of rotatable bonds is 14. The SMILES string of the molecule is CCOC(=O)C(C)(CC(C)(CC)C(=O)OC)C(C)c1ccc(OCCCCS(=O)(=O)[O-])cc1.[Na+]. The monoisotopic (exact) mass is 508 g/mol. The Labute approximate surface area is 226 Å². The molecule has 0 aliphatic carbocycles. The molecule has 3 atom stereocenters. The van der Waals surface area contributed by atoms with E-state index in [4.69, 9.17) is 14.2 Å². The zero-order valence-corrected chi connectivity index (χ0v) is 24.3. The van der Waals surface area contributed by atoms with Gasteiger partial charge in [0.2, 0.25) is 0 Å². The molecule has 0 radical (unpaired) electrons. The number of methoxy groups -OCH3 is 1. The van der Waals surface area contributed by atoms with Crippen molar-refractivity contribution in [1.82, 2.24) is 0 Å². The van der Waals surface area contributed by atoms with Crippen LogP contribution >= 0.6 is 0 Å². The van der Waals surface area contributed by atoms with E-state index < -0.39 is 26.7 Å². The molecule has 0 aromatic heterocycles. The van der Waals surface area contributed by atoms with Crippen molar-refractivity contribution < 1.29 is 66.3 Å². The van der Waals surface area contributed by atoms with Gasteiger partial charge in [-0.25, -0.2) is 8.42 Å². The van der Waals surface area contributed by atoms with Gasteiger partial charge in [0.15, 0.2) is 0 Å². The quantitative estimate of drug-likeness (QED) is 0.158. The summed E-state index contributed by atoms with van der Waals surface area (Å²) in [5, 5.41) is 0. The molecule has 0 saturated carbocycles. The van der Waals surface area contributed by atoms with E-state index in [-0.39, 0.29) is 66.9 Å². The summed E-state index contributed by atoms with van der Waals surface area (Å²) in [7, 11) is -2.86. The molecule has 8 nitrogen and oxygen atoms in total. The van der Waals surface area contributed by atoms with Crippen molar-refractivity contribution in [2.45, 2.75) is 66.2 Å². The van der Waals surface area contributed by atoms with Gasteiger partial charge in [0, 0.05) is 5.75 Å². The zero-order chi connectivity index (χ0) is 25.3. The minimum absolute atomic E-state index is 0. The van der Waals surface area contributed by atoms with E-state index in [0.29, 0.717) is 25.2 Å². The first-order valence-electron chi connectivity index (χ1n) is 11.2. The van der Waals surface area contributed by atoms with Gasteiger partial charge >= 0.3 is 41.5 Å². The number of benzene rings is 1. The molecule has 0 aliphatic rings. The Kier molecular flexibility index (Phi) is 14.0. The molecule has 0 bridgehead atoms. The van der Waals surface area contributed by atoms with Crippen LogP contribution in [0.25, 0.3) is 0 Å². The normalized spacial score (nSPS) is 15.7. The molecule has 0 aliphatic heterocycles. The average Bonchev–Trinajstić information content (AvgIpc) is 2.77. The van der Waals surface area contributed by atoms with E-state index in [1.807, 2.05) is 32.9 Å². The molecule has 0 amide bonds. The second kappa shape index (κ2) is 14.4. The van der Waals surface area contributed by atoms with Crippen molar-refractivity contribution in [3.63, 3.8) is 0 Å². The number of carbonyl (C=O) groups excluding carboxylic acids is 2. The summed E-state index contributed by atoms with van der Waals surface area (Å²) in [5.41, 5.74) is -0.926. The van der Waals surface area contributed by atoms with Crippen molar-refractivity contribution in [2.75, 3.05) is 26.1 Å². The molecule has 0 saturated heterocycles.